The van der Waals surface area contributed by atoms with Gasteiger partial charge in [0.25, 0.3) is 0 Å². The quantitative estimate of drug-likeness (QED) is 0.751. The molecule has 0 aromatic carbocycles. The third-order valence-electron chi connectivity index (χ3n) is 3.66. The fourth-order valence-electron chi connectivity index (χ4n) is 2.52. The van der Waals surface area contributed by atoms with E-state index in [1.54, 1.807) is 0 Å². The molecular formula is C16H30N4. The second-order valence-corrected chi connectivity index (χ2v) is 5.64. The first-order chi connectivity index (χ1) is 9.60. The Morgan fingerprint density at radius 1 is 1.10 bits per heavy atom. The van der Waals surface area contributed by atoms with Crippen molar-refractivity contribution in [2.75, 3.05) is 33.7 Å². The number of likely N-dealkylation sites (N-methyl/N-ethyl adjacent to an activating group) is 1. The third kappa shape index (κ3) is 5.19. The largest absolute Gasteiger partial charge is 0.326 e. The summed E-state index contributed by atoms with van der Waals surface area (Å²) in [4.78, 5) is 8.87. The second kappa shape index (κ2) is 9.06. The topological polar surface area (TPSA) is 45.4 Å². The third-order valence-corrected chi connectivity index (χ3v) is 3.66. The molecule has 0 radical (unpaired) electrons. The number of aromatic nitrogens is 1. The van der Waals surface area contributed by atoms with E-state index >= 15 is 0 Å². The van der Waals surface area contributed by atoms with Crippen LogP contribution in [0, 0.1) is 0 Å². The first-order valence-corrected chi connectivity index (χ1v) is 7.64. The van der Waals surface area contributed by atoms with Crippen LogP contribution in [-0.2, 0) is 0 Å². The number of hydrogen-bond acceptors (Lipinski definition) is 4. The van der Waals surface area contributed by atoms with Gasteiger partial charge < -0.3 is 10.6 Å². The standard InChI is InChI=1S/C16H30N4/c1-5-11-20(13-12-19(3)4)16(15(17)6-2)14-7-9-18-10-8-14/h7-10,15-16H,5-6,11-13,17H2,1-4H3. The summed E-state index contributed by atoms with van der Waals surface area (Å²) in [5.41, 5.74) is 7.69. The van der Waals surface area contributed by atoms with Gasteiger partial charge >= 0.3 is 0 Å². The highest BCUT2D eigenvalue weighted by molar-refractivity contribution is 5.17. The van der Waals surface area contributed by atoms with Crippen molar-refractivity contribution in [3.63, 3.8) is 0 Å². The van der Waals surface area contributed by atoms with Crippen LogP contribution in [0.4, 0.5) is 0 Å². The summed E-state index contributed by atoms with van der Waals surface area (Å²) < 4.78 is 0. The Bertz CT molecular complexity index is 353. The SMILES string of the molecule is CCCN(CCN(C)C)C(c1ccncc1)C(N)CC. The van der Waals surface area contributed by atoms with Gasteiger partial charge in [-0.25, -0.2) is 0 Å². The summed E-state index contributed by atoms with van der Waals surface area (Å²) in [5, 5.41) is 0. The fourth-order valence-corrected chi connectivity index (χ4v) is 2.52. The zero-order chi connectivity index (χ0) is 15.0. The lowest BCUT2D eigenvalue weighted by molar-refractivity contribution is 0.155. The molecule has 114 valence electrons. The number of hydrogen-bond donors (Lipinski definition) is 1. The van der Waals surface area contributed by atoms with Gasteiger partial charge in [0, 0.05) is 31.5 Å². The first-order valence-electron chi connectivity index (χ1n) is 7.64. The molecule has 0 amide bonds. The van der Waals surface area contributed by atoms with Crippen molar-refractivity contribution in [3.8, 4) is 0 Å². The maximum atomic E-state index is 6.41. The Labute approximate surface area is 124 Å². The zero-order valence-electron chi connectivity index (χ0n) is 13.4. The predicted molar refractivity (Wildman–Crippen MR) is 85.7 cm³/mol. The minimum absolute atomic E-state index is 0.158. The Balaban J connectivity index is 2.92. The molecule has 1 rings (SSSR count). The van der Waals surface area contributed by atoms with E-state index in [9.17, 15) is 0 Å². The summed E-state index contributed by atoms with van der Waals surface area (Å²) in [6, 6.07) is 4.63. The maximum absolute atomic E-state index is 6.41. The first kappa shape index (κ1) is 17.1. The number of nitrogens with zero attached hydrogens (tertiary/aromatic N) is 3. The minimum Gasteiger partial charge on any atom is -0.326 e. The number of rotatable bonds is 9. The van der Waals surface area contributed by atoms with E-state index in [1.807, 2.05) is 12.4 Å². The van der Waals surface area contributed by atoms with E-state index in [-0.39, 0.29) is 12.1 Å². The molecule has 0 saturated heterocycles. The average Bonchev–Trinajstić information content (AvgIpc) is 2.45. The van der Waals surface area contributed by atoms with Crippen LogP contribution < -0.4 is 5.73 Å². The molecule has 2 atom stereocenters. The van der Waals surface area contributed by atoms with Crippen LogP contribution in [-0.4, -0.2) is 54.6 Å². The van der Waals surface area contributed by atoms with Gasteiger partial charge in [0.05, 0.1) is 6.04 Å². The lowest BCUT2D eigenvalue weighted by Crippen LogP contribution is -2.43. The van der Waals surface area contributed by atoms with Crippen LogP contribution in [0.1, 0.15) is 38.3 Å². The van der Waals surface area contributed by atoms with Crippen molar-refractivity contribution in [3.05, 3.63) is 30.1 Å². The maximum Gasteiger partial charge on any atom is 0.0500 e. The van der Waals surface area contributed by atoms with Crippen LogP contribution in [0.15, 0.2) is 24.5 Å². The van der Waals surface area contributed by atoms with Crippen molar-refractivity contribution < 1.29 is 0 Å². The molecule has 0 bridgehead atoms. The zero-order valence-corrected chi connectivity index (χ0v) is 13.4. The average molecular weight is 278 g/mol. The van der Waals surface area contributed by atoms with Crippen LogP contribution in [0.3, 0.4) is 0 Å². The van der Waals surface area contributed by atoms with E-state index in [0.29, 0.717) is 0 Å². The van der Waals surface area contributed by atoms with Gasteiger partial charge in [-0.05, 0) is 51.2 Å². The number of nitrogens with two attached hydrogens (primary N) is 1. The van der Waals surface area contributed by atoms with E-state index < -0.39 is 0 Å². The molecular weight excluding hydrogens is 248 g/mol. The van der Waals surface area contributed by atoms with Crippen molar-refractivity contribution in [1.82, 2.24) is 14.8 Å². The van der Waals surface area contributed by atoms with Gasteiger partial charge in [-0.2, -0.15) is 0 Å². The molecule has 1 aromatic rings. The van der Waals surface area contributed by atoms with Gasteiger partial charge in [0.15, 0.2) is 0 Å². The summed E-state index contributed by atoms with van der Waals surface area (Å²) in [6.45, 7) is 7.56. The molecule has 2 unspecified atom stereocenters. The van der Waals surface area contributed by atoms with Crippen LogP contribution >= 0.6 is 0 Å². The molecule has 0 saturated carbocycles. The lowest BCUT2D eigenvalue weighted by atomic mass is 9.97. The minimum atomic E-state index is 0.158. The Kier molecular flexibility index (Phi) is 7.73. The summed E-state index contributed by atoms with van der Waals surface area (Å²) in [7, 11) is 4.23. The molecule has 4 heteroatoms. The van der Waals surface area contributed by atoms with Crippen molar-refractivity contribution in [2.24, 2.45) is 5.73 Å². The lowest BCUT2D eigenvalue weighted by Gasteiger charge is -2.36. The monoisotopic (exact) mass is 278 g/mol. The summed E-state index contributed by atoms with van der Waals surface area (Å²) >= 11 is 0. The highest BCUT2D eigenvalue weighted by atomic mass is 15.2. The molecule has 4 nitrogen and oxygen atoms in total. The molecule has 1 heterocycles. The van der Waals surface area contributed by atoms with Gasteiger partial charge in [0.2, 0.25) is 0 Å². The smallest absolute Gasteiger partial charge is 0.0500 e. The highest BCUT2D eigenvalue weighted by Crippen LogP contribution is 2.24. The predicted octanol–water partition coefficient (Wildman–Crippen LogP) is 2.13. The summed E-state index contributed by atoms with van der Waals surface area (Å²) in [6.07, 6.45) is 5.85. The van der Waals surface area contributed by atoms with E-state index in [4.69, 9.17) is 5.73 Å². The van der Waals surface area contributed by atoms with Gasteiger partial charge in [-0.3, -0.25) is 9.88 Å². The molecule has 1 aromatic heterocycles. The van der Waals surface area contributed by atoms with Crippen molar-refractivity contribution in [2.45, 2.75) is 38.8 Å². The molecule has 0 fully saturated rings. The molecule has 0 aliphatic carbocycles. The Morgan fingerprint density at radius 2 is 1.75 bits per heavy atom. The van der Waals surface area contributed by atoms with E-state index in [1.165, 1.54) is 5.56 Å². The van der Waals surface area contributed by atoms with Gasteiger partial charge in [-0.15, -0.1) is 0 Å². The molecule has 0 aliphatic heterocycles. The van der Waals surface area contributed by atoms with Crippen LogP contribution in [0.25, 0.3) is 0 Å². The normalized spacial score (nSPS) is 14.8. The van der Waals surface area contributed by atoms with Gasteiger partial charge in [-0.1, -0.05) is 13.8 Å². The second-order valence-electron chi connectivity index (χ2n) is 5.64. The van der Waals surface area contributed by atoms with Gasteiger partial charge in [0.1, 0.15) is 0 Å². The van der Waals surface area contributed by atoms with E-state index in [0.717, 1.165) is 32.5 Å². The summed E-state index contributed by atoms with van der Waals surface area (Å²) in [5.74, 6) is 0. The van der Waals surface area contributed by atoms with Crippen molar-refractivity contribution >= 4 is 0 Å². The Morgan fingerprint density at radius 3 is 2.25 bits per heavy atom. The molecule has 0 aliphatic rings. The number of pyridine rings is 1. The molecule has 2 N–H and O–H groups in total. The highest BCUT2D eigenvalue weighted by Gasteiger charge is 2.25. The van der Waals surface area contributed by atoms with E-state index in [2.05, 4.69) is 54.9 Å². The molecule has 0 spiro atoms. The Hall–Kier alpha value is -0.970. The van der Waals surface area contributed by atoms with Crippen molar-refractivity contribution in [1.29, 1.82) is 0 Å². The molecule has 20 heavy (non-hydrogen) atoms. The van der Waals surface area contributed by atoms with Crippen LogP contribution in [0.5, 0.6) is 0 Å². The fraction of sp³-hybridized carbons (Fsp3) is 0.688. The van der Waals surface area contributed by atoms with Crippen LogP contribution in [0.2, 0.25) is 0 Å².